The van der Waals surface area contributed by atoms with Gasteiger partial charge in [-0.15, -0.1) is 0 Å². The summed E-state index contributed by atoms with van der Waals surface area (Å²) >= 11 is 0. The normalized spacial score (nSPS) is 12.2. The maximum Gasteiger partial charge on any atom is 0.0360 e. The largest absolute Gasteiger partial charge is 0.313 e. The van der Waals surface area contributed by atoms with Crippen molar-refractivity contribution in [3.8, 4) is 0 Å². The van der Waals surface area contributed by atoms with Gasteiger partial charge in [0, 0.05) is 12.0 Å². The van der Waals surface area contributed by atoms with Crippen LogP contribution in [0, 0.1) is 0 Å². The minimum atomic E-state index is 0.296. The van der Waals surface area contributed by atoms with Crippen LogP contribution in [0.5, 0.6) is 0 Å². The van der Waals surface area contributed by atoms with Gasteiger partial charge < -0.3 is 5.32 Å². The summed E-state index contributed by atoms with van der Waals surface area (Å²) < 4.78 is 0. The van der Waals surface area contributed by atoms with Crippen molar-refractivity contribution in [2.75, 3.05) is 7.05 Å². The van der Waals surface area contributed by atoms with Gasteiger partial charge in [-0.2, -0.15) is 0 Å². The van der Waals surface area contributed by atoms with Gasteiger partial charge in [0.1, 0.15) is 0 Å². The Morgan fingerprint density at radius 1 is 0.850 bits per heavy atom. The molecule has 0 aliphatic rings. The van der Waals surface area contributed by atoms with Gasteiger partial charge in [0.15, 0.2) is 0 Å². The first-order chi connectivity index (χ1) is 9.72. The molecule has 0 saturated heterocycles. The van der Waals surface area contributed by atoms with Gasteiger partial charge in [-0.05, 0) is 32.0 Å². The highest BCUT2D eigenvalue weighted by molar-refractivity contribution is 5.36. The zero-order chi connectivity index (χ0) is 14.4. The van der Waals surface area contributed by atoms with Crippen molar-refractivity contribution in [2.45, 2.75) is 25.8 Å². The molecule has 0 aromatic heterocycles. The molecule has 0 aliphatic carbocycles. The van der Waals surface area contributed by atoms with E-state index in [0.717, 1.165) is 0 Å². The number of benzene rings is 2. The molecule has 1 atom stereocenters. The number of hydrogen-bond donors (Lipinski definition) is 1. The molecule has 0 saturated carbocycles. The molecule has 0 aliphatic heterocycles. The zero-order valence-corrected chi connectivity index (χ0v) is 12.5. The SMILES string of the molecule is CNC(C=C(C)C)C(c1ccccc1)c1ccccc1. The Bertz CT molecular complexity index is 499. The standard InChI is InChI=1S/C19H23N/c1-15(2)14-18(20-3)19(16-10-6-4-7-11-16)17-12-8-5-9-13-17/h4-14,18-20H,1-3H3. The van der Waals surface area contributed by atoms with E-state index in [0.29, 0.717) is 12.0 Å². The van der Waals surface area contributed by atoms with E-state index in [9.17, 15) is 0 Å². The van der Waals surface area contributed by atoms with E-state index in [1.54, 1.807) is 0 Å². The summed E-state index contributed by atoms with van der Waals surface area (Å²) in [5.41, 5.74) is 4.02. The lowest BCUT2D eigenvalue weighted by Crippen LogP contribution is -2.31. The lowest BCUT2D eigenvalue weighted by atomic mass is 9.84. The first kappa shape index (κ1) is 14.5. The molecule has 1 N–H and O–H groups in total. The highest BCUT2D eigenvalue weighted by Crippen LogP contribution is 2.29. The minimum Gasteiger partial charge on any atom is -0.313 e. The second kappa shape index (κ2) is 7.06. The van der Waals surface area contributed by atoms with E-state index in [1.807, 2.05) is 7.05 Å². The van der Waals surface area contributed by atoms with Crippen molar-refractivity contribution in [1.29, 1.82) is 0 Å². The summed E-state index contributed by atoms with van der Waals surface area (Å²) in [6.07, 6.45) is 2.31. The number of likely N-dealkylation sites (N-methyl/N-ethyl adjacent to an activating group) is 1. The molecular formula is C19H23N. The average Bonchev–Trinajstić information content (AvgIpc) is 2.48. The molecule has 2 aromatic rings. The molecule has 1 nitrogen and oxygen atoms in total. The summed E-state index contributed by atoms with van der Waals surface area (Å²) in [5, 5.41) is 3.45. The van der Waals surface area contributed by atoms with Gasteiger partial charge >= 0.3 is 0 Å². The predicted octanol–water partition coefficient (Wildman–Crippen LogP) is 4.37. The highest BCUT2D eigenvalue weighted by atomic mass is 14.9. The topological polar surface area (TPSA) is 12.0 Å². The quantitative estimate of drug-likeness (QED) is 0.791. The second-order valence-electron chi connectivity index (χ2n) is 5.36. The summed E-state index contributed by atoms with van der Waals surface area (Å²) in [6, 6.07) is 21.7. The Morgan fingerprint density at radius 2 is 1.30 bits per heavy atom. The Hall–Kier alpha value is -1.86. The van der Waals surface area contributed by atoms with Gasteiger partial charge in [-0.1, -0.05) is 72.3 Å². The first-order valence-corrected chi connectivity index (χ1v) is 7.14. The lowest BCUT2D eigenvalue weighted by Gasteiger charge is -2.26. The van der Waals surface area contributed by atoms with Crippen molar-refractivity contribution >= 4 is 0 Å². The van der Waals surface area contributed by atoms with Crippen LogP contribution in [0.1, 0.15) is 30.9 Å². The Labute approximate surface area is 122 Å². The van der Waals surface area contributed by atoms with Crippen LogP contribution in [0.4, 0.5) is 0 Å². The summed E-state index contributed by atoms with van der Waals surface area (Å²) in [5.74, 6) is 0.331. The van der Waals surface area contributed by atoms with Crippen LogP contribution in [0.15, 0.2) is 72.3 Å². The fourth-order valence-electron chi connectivity index (χ4n) is 2.63. The summed E-state index contributed by atoms with van der Waals surface area (Å²) in [6.45, 7) is 4.30. The molecule has 0 amide bonds. The molecule has 104 valence electrons. The summed E-state index contributed by atoms with van der Waals surface area (Å²) in [7, 11) is 2.03. The third-order valence-electron chi connectivity index (χ3n) is 3.52. The summed E-state index contributed by atoms with van der Waals surface area (Å²) in [4.78, 5) is 0. The zero-order valence-electron chi connectivity index (χ0n) is 12.5. The Kier molecular flexibility index (Phi) is 5.14. The molecule has 0 spiro atoms. The van der Waals surface area contributed by atoms with Crippen LogP contribution < -0.4 is 5.32 Å². The predicted molar refractivity (Wildman–Crippen MR) is 87.0 cm³/mol. The van der Waals surface area contributed by atoms with Crippen LogP contribution in [0.2, 0.25) is 0 Å². The monoisotopic (exact) mass is 265 g/mol. The van der Waals surface area contributed by atoms with E-state index in [4.69, 9.17) is 0 Å². The second-order valence-corrected chi connectivity index (χ2v) is 5.36. The molecule has 0 fully saturated rings. The van der Waals surface area contributed by atoms with Crippen LogP contribution in [-0.4, -0.2) is 13.1 Å². The molecule has 0 bridgehead atoms. The first-order valence-electron chi connectivity index (χ1n) is 7.14. The van der Waals surface area contributed by atoms with Crippen LogP contribution in [0.25, 0.3) is 0 Å². The number of rotatable bonds is 5. The van der Waals surface area contributed by atoms with Crippen LogP contribution >= 0.6 is 0 Å². The molecule has 2 aromatic carbocycles. The number of allylic oxidation sites excluding steroid dienone is 1. The van der Waals surface area contributed by atoms with Crippen LogP contribution in [-0.2, 0) is 0 Å². The van der Waals surface area contributed by atoms with Crippen molar-refractivity contribution in [3.63, 3.8) is 0 Å². The molecule has 0 heterocycles. The third-order valence-corrected chi connectivity index (χ3v) is 3.52. The fourth-order valence-corrected chi connectivity index (χ4v) is 2.63. The van der Waals surface area contributed by atoms with Gasteiger partial charge in [0.25, 0.3) is 0 Å². The third kappa shape index (κ3) is 3.58. The van der Waals surface area contributed by atoms with Crippen molar-refractivity contribution in [3.05, 3.63) is 83.4 Å². The van der Waals surface area contributed by atoms with Crippen molar-refractivity contribution in [1.82, 2.24) is 5.32 Å². The number of hydrogen-bond acceptors (Lipinski definition) is 1. The molecule has 0 radical (unpaired) electrons. The molecule has 1 unspecified atom stereocenters. The van der Waals surface area contributed by atoms with E-state index in [2.05, 4.69) is 85.9 Å². The van der Waals surface area contributed by atoms with Crippen molar-refractivity contribution in [2.24, 2.45) is 0 Å². The van der Waals surface area contributed by atoms with Gasteiger partial charge in [-0.25, -0.2) is 0 Å². The Balaban J connectivity index is 2.47. The molecule has 2 rings (SSSR count). The average molecular weight is 265 g/mol. The van der Waals surface area contributed by atoms with Crippen molar-refractivity contribution < 1.29 is 0 Å². The molecule has 1 heteroatoms. The molecule has 20 heavy (non-hydrogen) atoms. The maximum absolute atomic E-state index is 3.45. The van der Waals surface area contributed by atoms with Gasteiger partial charge in [0.05, 0.1) is 0 Å². The van der Waals surface area contributed by atoms with E-state index < -0.39 is 0 Å². The van der Waals surface area contributed by atoms with Gasteiger partial charge in [-0.3, -0.25) is 0 Å². The lowest BCUT2D eigenvalue weighted by molar-refractivity contribution is 0.592. The van der Waals surface area contributed by atoms with E-state index in [-0.39, 0.29) is 0 Å². The van der Waals surface area contributed by atoms with Gasteiger partial charge in [0.2, 0.25) is 0 Å². The molecular weight excluding hydrogens is 242 g/mol. The highest BCUT2D eigenvalue weighted by Gasteiger charge is 2.21. The number of nitrogens with one attached hydrogen (secondary N) is 1. The smallest absolute Gasteiger partial charge is 0.0360 e. The van der Waals surface area contributed by atoms with Crippen LogP contribution in [0.3, 0.4) is 0 Å². The maximum atomic E-state index is 3.45. The van der Waals surface area contributed by atoms with E-state index in [1.165, 1.54) is 16.7 Å². The van der Waals surface area contributed by atoms with E-state index >= 15 is 0 Å². The minimum absolute atomic E-state index is 0.296. The fraction of sp³-hybridized carbons (Fsp3) is 0.263. The Morgan fingerprint density at radius 3 is 1.65 bits per heavy atom.